The van der Waals surface area contributed by atoms with Gasteiger partial charge in [-0.2, -0.15) is 5.26 Å². The van der Waals surface area contributed by atoms with Gasteiger partial charge in [0.15, 0.2) is 0 Å². The lowest BCUT2D eigenvalue weighted by Crippen LogP contribution is -2.16. The molecule has 1 unspecified atom stereocenters. The van der Waals surface area contributed by atoms with E-state index in [1.165, 1.54) is 24.5 Å². The van der Waals surface area contributed by atoms with Gasteiger partial charge in [-0.15, -0.1) is 11.3 Å². The lowest BCUT2D eigenvalue weighted by atomic mass is 9.88. The first-order valence-corrected chi connectivity index (χ1v) is 11.7. The van der Waals surface area contributed by atoms with E-state index in [2.05, 4.69) is 19.2 Å². The fourth-order valence-corrected chi connectivity index (χ4v) is 5.03. The van der Waals surface area contributed by atoms with Crippen molar-refractivity contribution in [1.82, 2.24) is 0 Å². The number of thiophene rings is 1. The Balaban J connectivity index is 1.79. The van der Waals surface area contributed by atoms with Crippen molar-refractivity contribution < 1.29 is 19.1 Å². The van der Waals surface area contributed by atoms with Gasteiger partial charge in [-0.1, -0.05) is 32.4 Å². The summed E-state index contributed by atoms with van der Waals surface area (Å²) in [5.74, 6) is 0.263. The van der Waals surface area contributed by atoms with Crippen molar-refractivity contribution >= 4 is 34.3 Å². The minimum atomic E-state index is -0.549. The van der Waals surface area contributed by atoms with Crippen LogP contribution in [-0.4, -0.2) is 25.6 Å². The van der Waals surface area contributed by atoms with Crippen molar-refractivity contribution in [3.63, 3.8) is 0 Å². The highest BCUT2D eigenvalue weighted by Crippen LogP contribution is 2.40. The number of methoxy groups -OCH3 is 1. The molecule has 1 N–H and O–H groups in total. The van der Waals surface area contributed by atoms with Crippen LogP contribution in [0.1, 0.15) is 59.5 Å². The topological polar surface area (TPSA) is 88.4 Å². The smallest absolute Gasteiger partial charge is 0.341 e. The maximum Gasteiger partial charge on any atom is 0.341 e. The molecule has 1 heterocycles. The van der Waals surface area contributed by atoms with Gasteiger partial charge in [0, 0.05) is 4.88 Å². The normalized spacial score (nSPS) is 15.4. The van der Waals surface area contributed by atoms with E-state index >= 15 is 0 Å². The van der Waals surface area contributed by atoms with Crippen molar-refractivity contribution in [1.29, 1.82) is 5.26 Å². The van der Waals surface area contributed by atoms with Crippen LogP contribution in [0.2, 0.25) is 0 Å². The molecule has 0 fully saturated rings. The summed E-state index contributed by atoms with van der Waals surface area (Å²) in [6.07, 6.45) is 6.21. The van der Waals surface area contributed by atoms with E-state index in [1.54, 1.807) is 12.1 Å². The van der Waals surface area contributed by atoms with E-state index < -0.39 is 11.9 Å². The Labute approximate surface area is 192 Å². The number of nitrogens with zero attached hydrogens (tertiary/aromatic N) is 1. The summed E-state index contributed by atoms with van der Waals surface area (Å²) in [6, 6.07) is 9.21. The number of benzene rings is 1. The summed E-state index contributed by atoms with van der Waals surface area (Å²) in [5.41, 5.74) is 2.04. The number of hydrogen-bond acceptors (Lipinski definition) is 6. The fraction of sp³-hybridized carbons (Fsp3) is 0.400. The SMILES string of the molecule is CCCCOc1ccc(C=C(C#N)C(=O)Nc2sc3c(c2C(=O)OC)CCC(C)C3)cc1. The van der Waals surface area contributed by atoms with Crippen LogP contribution in [0.5, 0.6) is 5.75 Å². The first kappa shape index (κ1) is 23.6. The molecule has 32 heavy (non-hydrogen) atoms. The van der Waals surface area contributed by atoms with Gasteiger partial charge in [0.1, 0.15) is 22.4 Å². The lowest BCUT2D eigenvalue weighted by molar-refractivity contribution is -0.112. The van der Waals surface area contributed by atoms with E-state index in [9.17, 15) is 14.9 Å². The third kappa shape index (κ3) is 5.57. The number of rotatable bonds is 8. The second-order valence-corrected chi connectivity index (χ2v) is 9.05. The minimum Gasteiger partial charge on any atom is -0.494 e. The van der Waals surface area contributed by atoms with Crippen LogP contribution in [0, 0.1) is 17.2 Å². The summed E-state index contributed by atoms with van der Waals surface area (Å²) in [5, 5.41) is 12.8. The number of hydrogen-bond donors (Lipinski definition) is 1. The Morgan fingerprint density at radius 1 is 1.31 bits per heavy atom. The second-order valence-electron chi connectivity index (χ2n) is 7.94. The number of fused-ring (bicyclic) bond motifs is 1. The number of carbonyl (C=O) groups excluding carboxylic acids is 2. The quantitative estimate of drug-likeness (QED) is 0.251. The van der Waals surface area contributed by atoms with Crippen molar-refractivity contribution in [2.45, 2.75) is 46.0 Å². The highest BCUT2D eigenvalue weighted by molar-refractivity contribution is 7.17. The van der Waals surface area contributed by atoms with Crippen LogP contribution >= 0.6 is 11.3 Å². The van der Waals surface area contributed by atoms with Crippen LogP contribution < -0.4 is 10.1 Å². The third-order valence-corrected chi connectivity index (χ3v) is 6.62. The molecule has 3 rings (SSSR count). The summed E-state index contributed by atoms with van der Waals surface area (Å²) in [7, 11) is 1.33. The molecule has 6 nitrogen and oxygen atoms in total. The Bertz CT molecular complexity index is 1050. The molecule has 1 aliphatic rings. The maximum absolute atomic E-state index is 12.9. The molecule has 0 radical (unpaired) electrons. The number of amides is 1. The fourth-order valence-electron chi connectivity index (χ4n) is 3.64. The molecule has 1 amide bonds. The monoisotopic (exact) mass is 452 g/mol. The number of unbranched alkanes of at least 4 members (excludes halogenated alkanes) is 1. The van der Waals surface area contributed by atoms with Crippen LogP contribution in [0.4, 0.5) is 5.00 Å². The van der Waals surface area contributed by atoms with Crippen molar-refractivity contribution in [2.75, 3.05) is 19.0 Å². The predicted molar refractivity (Wildman–Crippen MR) is 126 cm³/mol. The molecule has 7 heteroatoms. The van der Waals surface area contributed by atoms with Gasteiger partial charge >= 0.3 is 5.97 Å². The Morgan fingerprint density at radius 3 is 2.72 bits per heavy atom. The van der Waals surface area contributed by atoms with Crippen LogP contribution in [-0.2, 0) is 22.4 Å². The average Bonchev–Trinajstić information content (AvgIpc) is 3.14. The van der Waals surface area contributed by atoms with Gasteiger partial charge in [0.05, 0.1) is 19.3 Å². The number of esters is 1. The zero-order chi connectivity index (χ0) is 23.1. The van der Waals surface area contributed by atoms with E-state index in [0.717, 1.165) is 48.3 Å². The first-order chi connectivity index (χ1) is 15.5. The van der Waals surface area contributed by atoms with Crippen LogP contribution in [0.25, 0.3) is 6.08 Å². The van der Waals surface area contributed by atoms with Crippen molar-refractivity contribution in [3.8, 4) is 11.8 Å². The van der Waals surface area contributed by atoms with Crippen molar-refractivity contribution in [2.24, 2.45) is 5.92 Å². The van der Waals surface area contributed by atoms with Gasteiger partial charge in [0.25, 0.3) is 5.91 Å². The van der Waals surface area contributed by atoms with E-state index in [4.69, 9.17) is 9.47 Å². The maximum atomic E-state index is 12.9. The lowest BCUT2D eigenvalue weighted by Gasteiger charge is -2.18. The van der Waals surface area contributed by atoms with Gasteiger partial charge in [0.2, 0.25) is 0 Å². The van der Waals surface area contributed by atoms with E-state index in [0.29, 0.717) is 28.7 Å². The molecule has 1 aromatic carbocycles. The standard InChI is InChI=1S/C25H28N2O4S/c1-4-5-12-31-19-9-7-17(8-10-19)14-18(15-26)23(28)27-24-22(25(29)30-3)20-11-6-16(2)13-21(20)32-24/h7-10,14,16H,4-6,11-13H2,1-3H3,(H,27,28). The average molecular weight is 453 g/mol. The number of nitrogens with one attached hydrogen (secondary N) is 1. The highest BCUT2D eigenvalue weighted by atomic mass is 32.1. The van der Waals surface area contributed by atoms with Crippen LogP contribution in [0.15, 0.2) is 29.8 Å². The Hall–Kier alpha value is -3.11. The molecule has 0 saturated heterocycles. The zero-order valence-electron chi connectivity index (χ0n) is 18.7. The van der Waals surface area contributed by atoms with E-state index in [1.807, 2.05) is 18.2 Å². The molecule has 2 aromatic rings. The van der Waals surface area contributed by atoms with Gasteiger partial charge in [-0.3, -0.25) is 4.79 Å². The van der Waals surface area contributed by atoms with Gasteiger partial charge in [-0.25, -0.2) is 4.79 Å². The minimum absolute atomic E-state index is 0.0415. The molecule has 0 bridgehead atoms. The number of anilines is 1. The molecular weight excluding hydrogens is 424 g/mol. The van der Waals surface area contributed by atoms with Crippen molar-refractivity contribution in [3.05, 3.63) is 51.4 Å². The summed E-state index contributed by atoms with van der Waals surface area (Å²) in [4.78, 5) is 26.4. The molecule has 0 spiro atoms. The second kappa shape index (κ2) is 11.0. The molecule has 0 saturated carbocycles. The summed E-state index contributed by atoms with van der Waals surface area (Å²) < 4.78 is 10.6. The van der Waals surface area contributed by atoms with Gasteiger partial charge < -0.3 is 14.8 Å². The molecular formula is C25H28N2O4S. The molecule has 1 aromatic heterocycles. The highest BCUT2D eigenvalue weighted by Gasteiger charge is 2.29. The molecule has 1 aliphatic carbocycles. The summed E-state index contributed by atoms with van der Waals surface area (Å²) in [6.45, 7) is 4.94. The van der Waals surface area contributed by atoms with Crippen LogP contribution in [0.3, 0.4) is 0 Å². The number of ether oxygens (including phenoxy) is 2. The Kier molecular flexibility index (Phi) is 8.07. The largest absolute Gasteiger partial charge is 0.494 e. The third-order valence-electron chi connectivity index (χ3n) is 5.45. The molecule has 1 atom stereocenters. The number of nitriles is 1. The zero-order valence-corrected chi connectivity index (χ0v) is 19.5. The summed E-state index contributed by atoms with van der Waals surface area (Å²) >= 11 is 1.40. The molecule has 168 valence electrons. The predicted octanol–water partition coefficient (Wildman–Crippen LogP) is 5.38. The first-order valence-electron chi connectivity index (χ1n) is 10.9. The van der Waals surface area contributed by atoms with E-state index in [-0.39, 0.29) is 5.57 Å². The molecule has 0 aliphatic heterocycles. The Morgan fingerprint density at radius 2 is 2.06 bits per heavy atom. The number of carbonyl (C=O) groups is 2. The van der Waals surface area contributed by atoms with Gasteiger partial charge in [-0.05, 0) is 60.9 Å².